The third-order valence-electron chi connectivity index (χ3n) is 2.93. The van der Waals surface area contributed by atoms with E-state index in [0.717, 1.165) is 18.6 Å². The van der Waals surface area contributed by atoms with Crippen LogP contribution in [-0.4, -0.2) is 19.0 Å². The molecule has 0 aliphatic rings. The molecule has 2 N–H and O–H groups in total. The Morgan fingerprint density at radius 2 is 2.00 bits per heavy atom. The zero-order valence-electron chi connectivity index (χ0n) is 12.3. The van der Waals surface area contributed by atoms with Crippen molar-refractivity contribution in [3.8, 4) is 0 Å². The van der Waals surface area contributed by atoms with E-state index >= 15 is 0 Å². The van der Waals surface area contributed by atoms with Crippen LogP contribution in [0.3, 0.4) is 0 Å². The molecule has 0 aromatic heterocycles. The summed E-state index contributed by atoms with van der Waals surface area (Å²) in [5.41, 5.74) is -0.0754. The quantitative estimate of drug-likeness (QED) is 0.446. The van der Waals surface area contributed by atoms with Crippen LogP contribution in [0.2, 0.25) is 0 Å². The van der Waals surface area contributed by atoms with Gasteiger partial charge in [0, 0.05) is 19.6 Å². The van der Waals surface area contributed by atoms with Crippen molar-refractivity contribution in [1.82, 2.24) is 10.6 Å². The standard InChI is InChI=1S/C14H20F3N3.HI/c1-4-10(2)20-13(18-3)19-9-11-6-5-7-12(8-11)14(15,16)17;/h5-8,10H,4,9H2,1-3H3,(H2,18,19,20);1H. The normalized spacial score (nSPS) is 13.3. The third-order valence-corrected chi connectivity index (χ3v) is 2.93. The second-order valence-corrected chi connectivity index (χ2v) is 4.58. The number of aliphatic imine (C=N–C) groups is 1. The summed E-state index contributed by atoms with van der Waals surface area (Å²) in [7, 11) is 1.63. The first-order chi connectivity index (χ1) is 9.36. The van der Waals surface area contributed by atoms with Crippen LogP contribution >= 0.6 is 24.0 Å². The number of alkyl halides is 3. The number of hydrogen-bond acceptors (Lipinski definition) is 1. The average Bonchev–Trinajstić information content (AvgIpc) is 2.42. The molecule has 0 fully saturated rings. The molecule has 1 rings (SSSR count). The Hall–Kier alpha value is -0.990. The molecule has 0 radical (unpaired) electrons. The number of guanidine groups is 1. The fourth-order valence-corrected chi connectivity index (χ4v) is 1.57. The molecule has 1 unspecified atom stereocenters. The van der Waals surface area contributed by atoms with Crippen LogP contribution in [-0.2, 0) is 12.7 Å². The summed E-state index contributed by atoms with van der Waals surface area (Å²) in [4.78, 5) is 4.03. The van der Waals surface area contributed by atoms with Crippen molar-refractivity contribution < 1.29 is 13.2 Å². The van der Waals surface area contributed by atoms with Crippen LogP contribution in [0.25, 0.3) is 0 Å². The van der Waals surface area contributed by atoms with E-state index in [4.69, 9.17) is 0 Å². The number of halogens is 4. The van der Waals surface area contributed by atoms with Gasteiger partial charge in [0.2, 0.25) is 0 Å². The molecule has 1 atom stereocenters. The van der Waals surface area contributed by atoms with Crippen molar-refractivity contribution in [2.75, 3.05) is 7.05 Å². The van der Waals surface area contributed by atoms with E-state index in [1.54, 1.807) is 13.1 Å². The van der Waals surface area contributed by atoms with E-state index in [2.05, 4.69) is 15.6 Å². The maximum Gasteiger partial charge on any atom is 0.416 e. The Bertz CT molecular complexity index is 461. The van der Waals surface area contributed by atoms with Gasteiger partial charge >= 0.3 is 6.18 Å². The minimum absolute atomic E-state index is 0. The lowest BCUT2D eigenvalue weighted by molar-refractivity contribution is -0.137. The lowest BCUT2D eigenvalue weighted by Gasteiger charge is -2.16. The summed E-state index contributed by atoms with van der Waals surface area (Å²) in [5.74, 6) is 0.580. The highest BCUT2D eigenvalue weighted by Crippen LogP contribution is 2.29. The van der Waals surface area contributed by atoms with Crippen LogP contribution in [0.4, 0.5) is 13.2 Å². The van der Waals surface area contributed by atoms with Crippen molar-refractivity contribution in [1.29, 1.82) is 0 Å². The minimum atomic E-state index is -4.31. The second kappa shape index (κ2) is 9.11. The molecule has 0 aliphatic heterocycles. The summed E-state index contributed by atoms with van der Waals surface area (Å²) in [6, 6.07) is 5.52. The molecule has 0 heterocycles. The molecule has 7 heteroatoms. The third kappa shape index (κ3) is 7.01. The largest absolute Gasteiger partial charge is 0.416 e. The first-order valence-corrected chi connectivity index (χ1v) is 6.50. The molecular formula is C14H21F3IN3. The summed E-state index contributed by atoms with van der Waals surface area (Å²) >= 11 is 0. The maximum atomic E-state index is 12.6. The van der Waals surface area contributed by atoms with Crippen LogP contribution < -0.4 is 10.6 Å². The minimum Gasteiger partial charge on any atom is -0.354 e. The van der Waals surface area contributed by atoms with Crippen molar-refractivity contribution in [2.24, 2.45) is 4.99 Å². The molecule has 0 saturated heterocycles. The summed E-state index contributed by atoms with van der Waals surface area (Å²) in [6.07, 6.45) is -3.38. The summed E-state index contributed by atoms with van der Waals surface area (Å²) in [6.45, 7) is 4.34. The SMILES string of the molecule is CCC(C)NC(=NC)NCc1cccc(C(F)(F)F)c1.I. The van der Waals surface area contributed by atoms with Gasteiger partial charge < -0.3 is 10.6 Å². The number of rotatable bonds is 4. The predicted molar refractivity (Wildman–Crippen MR) is 89.9 cm³/mol. The number of nitrogens with one attached hydrogen (secondary N) is 2. The zero-order chi connectivity index (χ0) is 15.2. The smallest absolute Gasteiger partial charge is 0.354 e. The van der Waals surface area contributed by atoms with E-state index in [9.17, 15) is 13.2 Å². The predicted octanol–water partition coefficient (Wildman–Crippen LogP) is 3.79. The van der Waals surface area contributed by atoms with Crippen molar-refractivity contribution >= 4 is 29.9 Å². The fourth-order valence-electron chi connectivity index (χ4n) is 1.57. The van der Waals surface area contributed by atoms with Crippen LogP contribution in [0.1, 0.15) is 31.4 Å². The highest BCUT2D eigenvalue weighted by Gasteiger charge is 2.30. The Balaban J connectivity index is 0.00000400. The van der Waals surface area contributed by atoms with Gasteiger partial charge in [-0.05, 0) is 31.0 Å². The molecule has 0 bridgehead atoms. The number of hydrogen-bond donors (Lipinski definition) is 2. The van der Waals surface area contributed by atoms with Gasteiger partial charge in [-0.2, -0.15) is 13.2 Å². The van der Waals surface area contributed by atoms with Crippen LogP contribution in [0, 0.1) is 0 Å². The highest BCUT2D eigenvalue weighted by atomic mass is 127. The maximum absolute atomic E-state index is 12.6. The molecule has 0 aliphatic carbocycles. The molecule has 1 aromatic rings. The van der Waals surface area contributed by atoms with Crippen LogP contribution in [0.15, 0.2) is 29.3 Å². The van der Waals surface area contributed by atoms with Gasteiger partial charge in [-0.3, -0.25) is 4.99 Å². The van der Waals surface area contributed by atoms with E-state index in [1.165, 1.54) is 6.07 Å². The highest BCUT2D eigenvalue weighted by molar-refractivity contribution is 14.0. The lowest BCUT2D eigenvalue weighted by atomic mass is 10.1. The summed E-state index contributed by atoms with van der Waals surface area (Å²) < 4.78 is 37.8. The molecular weight excluding hydrogens is 394 g/mol. The molecule has 21 heavy (non-hydrogen) atoms. The number of nitrogens with zero attached hydrogens (tertiary/aromatic N) is 1. The first-order valence-electron chi connectivity index (χ1n) is 6.50. The molecule has 120 valence electrons. The zero-order valence-corrected chi connectivity index (χ0v) is 14.6. The Morgan fingerprint density at radius 1 is 1.33 bits per heavy atom. The van der Waals surface area contributed by atoms with Gasteiger partial charge in [0.25, 0.3) is 0 Å². The molecule has 1 aromatic carbocycles. The second-order valence-electron chi connectivity index (χ2n) is 4.58. The molecule has 0 saturated carbocycles. The molecule has 0 spiro atoms. The van der Waals surface area contributed by atoms with Gasteiger partial charge in [-0.25, -0.2) is 0 Å². The lowest BCUT2D eigenvalue weighted by Crippen LogP contribution is -2.41. The van der Waals surface area contributed by atoms with E-state index in [1.807, 2.05) is 13.8 Å². The Morgan fingerprint density at radius 3 is 2.52 bits per heavy atom. The van der Waals surface area contributed by atoms with Gasteiger partial charge in [0.1, 0.15) is 0 Å². The topological polar surface area (TPSA) is 36.4 Å². The first kappa shape index (κ1) is 20.0. The molecule has 3 nitrogen and oxygen atoms in total. The van der Waals surface area contributed by atoms with Gasteiger partial charge in [0.05, 0.1) is 5.56 Å². The van der Waals surface area contributed by atoms with Gasteiger partial charge in [-0.1, -0.05) is 19.1 Å². The monoisotopic (exact) mass is 415 g/mol. The van der Waals surface area contributed by atoms with Crippen LogP contribution in [0.5, 0.6) is 0 Å². The summed E-state index contributed by atoms with van der Waals surface area (Å²) in [5, 5.41) is 6.15. The van der Waals surface area contributed by atoms with Gasteiger partial charge in [-0.15, -0.1) is 24.0 Å². The Labute approximate surface area is 140 Å². The van der Waals surface area contributed by atoms with Gasteiger partial charge in [0.15, 0.2) is 5.96 Å². The average molecular weight is 415 g/mol. The molecule has 0 amide bonds. The Kier molecular flexibility index (Phi) is 8.68. The van der Waals surface area contributed by atoms with Crippen molar-refractivity contribution in [3.05, 3.63) is 35.4 Å². The van der Waals surface area contributed by atoms with Crippen molar-refractivity contribution in [3.63, 3.8) is 0 Å². The van der Waals surface area contributed by atoms with Crippen molar-refractivity contribution in [2.45, 2.75) is 39.0 Å². The number of benzene rings is 1. The van der Waals surface area contributed by atoms with E-state index < -0.39 is 11.7 Å². The van der Waals surface area contributed by atoms with E-state index in [-0.39, 0.29) is 30.0 Å². The fraction of sp³-hybridized carbons (Fsp3) is 0.500. The van der Waals surface area contributed by atoms with E-state index in [0.29, 0.717) is 18.1 Å².